The van der Waals surface area contributed by atoms with Gasteiger partial charge in [0.05, 0.1) is 0 Å². The summed E-state index contributed by atoms with van der Waals surface area (Å²) in [5.41, 5.74) is 9.66. The lowest BCUT2D eigenvalue weighted by atomic mass is 10.0. The van der Waals surface area contributed by atoms with Gasteiger partial charge in [0.2, 0.25) is 0 Å². The number of nitrogens with two attached hydrogens (primary N) is 1. The van der Waals surface area contributed by atoms with Crippen molar-refractivity contribution in [2.75, 3.05) is 0 Å². The highest BCUT2D eigenvalue weighted by Gasteiger charge is 2.08. The average molecular weight is 283 g/mol. The second kappa shape index (κ2) is 7.28. The van der Waals surface area contributed by atoms with Gasteiger partial charge in [-0.05, 0) is 55.0 Å². The molecule has 0 spiro atoms. The number of para-hydroxylation sites is 1. The third kappa shape index (κ3) is 4.08. The van der Waals surface area contributed by atoms with Crippen LogP contribution in [0.15, 0.2) is 42.5 Å². The van der Waals surface area contributed by atoms with Crippen molar-refractivity contribution >= 4 is 0 Å². The van der Waals surface area contributed by atoms with Crippen molar-refractivity contribution in [3.63, 3.8) is 0 Å². The van der Waals surface area contributed by atoms with Crippen molar-refractivity contribution < 1.29 is 4.74 Å². The molecule has 112 valence electrons. The minimum atomic E-state index is 0.212. The van der Waals surface area contributed by atoms with Crippen LogP contribution in [0.3, 0.4) is 0 Å². The summed E-state index contributed by atoms with van der Waals surface area (Å²) in [5, 5.41) is 0. The molecular weight excluding hydrogens is 258 g/mol. The Hall–Kier alpha value is -1.80. The second-order valence-electron chi connectivity index (χ2n) is 5.54. The summed E-state index contributed by atoms with van der Waals surface area (Å²) in [6, 6.07) is 14.8. The van der Waals surface area contributed by atoms with E-state index in [1.54, 1.807) is 0 Å². The molecule has 0 aromatic heterocycles. The van der Waals surface area contributed by atoms with E-state index in [2.05, 4.69) is 51.1 Å². The maximum atomic E-state index is 6.15. The quantitative estimate of drug-likeness (QED) is 0.839. The highest BCUT2D eigenvalue weighted by Crippen LogP contribution is 2.29. The van der Waals surface area contributed by atoms with Crippen molar-refractivity contribution in [3.8, 4) is 11.5 Å². The lowest BCUT2D eigenvalue weighted by Crippen LogP contribution is -2.21. The van der Waals surface area contributed by atoms with Crippen molar-refractivity contribution in [1.29, 1.82) is 0 Å². The first-order valence-corrected chi connectivity index (χ1v) is 7.74. The van der Waals surface area contributed by atoms with Crippen LogP contribution in [0.4, 0.5) is 0 Å². The molecule has 0 radical (unpaired) electrons. The zero-order valence-corrected chi connectivity index (χ0v) is 13.2. The molecule has 0 fully saturated rings. The van der Waals surface area contributed by atoms with Crippen LogP contribution in [0.2, 0.25) is 0 Å². The second-order valence-corrected chi connectivity index (χ2v) is 5.54. The predicted octanol–water partition coefficient (Wildman–Crippen LogP) is 4.63. The lowest BCUT2D eigenvalue weighted by molar-refractivity contribution is 0.472. The van der Waals surface area contributed by atoms with Crippen LogP contribution in [-0.2, 0) is 12.8 Å². The first kappa shape index (κ1) is 15.6. The van der Waals surface area contributed by atoms with Crippen LogP contribution in [0.1, 0.15) is 37.0 Å². The zero-order chi connectivity index (χ0) is 15.2. The molecule has 1 atom stereocenters. The topological polar surface area (TPSA) is 35.2 Å². The van der Waals surface area contributed by atoms with E-state index in [1.807, 2.05) is 12.1 Å². The standard InChI is InChI=1S/C19H25NO/c1-4-16-8-6-7-9-18(16)21-19-13-15(11-10-14(19)3)12-17(20)5-2/h6-11,13,17H,4-5,12,20H2,1-3H3. The summed E-state index contributed by atoms with van der Waals surface area (Å²) in [4.78, 5) is 0. The lowest BCUT2D eigenvalue weighted by Gasteiger charge is -2.14. The van der Waals surface area contributed by atoms with Crippen LogP contribution < -0.4 is 10.5 Å². The number of benzene rings is 2. The van der Waals surface area contributed by atoms with E-state index in [9.17, 15) is 0 Å². The van der Waals surface area contributed by atoms with Gasteiger partial charge in [0.1, 0.15) is 11.5 Å². The molecule has 21 heavy (non-hydrogen) atoms. The van der Waals surface area contributed by atoms with Crippen LogP contribution in [0.25, 0.3) is 0 Å². The fraction of sp³-hybridized carbons (Fsp3) is 0.368. The summed E-state index contributed by atoms with van der Waals surface area (Å²) < 4.78 is 6.15. The van der Waals surface area contributed by atoms with E-state index < -0.39 is 0 Å². The highest BCUT2D eigenvalue weighted by molar-refractivity contribution is 5.43. The minimum Gasteiger partial charge on any atom is -0.457 e. The Labute approximate surface area is 127 Å². The molecule has 2 heteroatoms. The van der Waals surface area contributed by atoms with Crippen molar-refractivity contribution in [2.45, 2.75) is 46.1 Å². The normalized spacial score (nSPS) is 12.2. The third-order valence-corrected chi connectivity index (χ3v) is 3.85. The summed E-state index contributed by atoms with van der Waals surface area (Å²) in [6.45, 7) is 6.34. The molecule has 0 aliphatic heterocycles. The van der Waals surface area contributed by atoms with Crippen LogP contribution in [0.5, 0.6) is 11.5 Å². The fourth-order valence-electron chi connectivity index (χ4n) is 2.34. The van der Waals surface area contributed by atoms with E-state index in [-0.39, 0.29) is 6.04 Å². The Morgan fingerprint density at radius 2 is 1.81 bits per heavy atom. The summed E-state index contributed by atoms with van der Waals surface area (Å²) in [5.74, 6) is 1.87. The highest BCUT2D eigenvalue weighted by atomic mass is 16.5. The molecule has 2 aromatic carbocycles. The van der Waals surface area contributed by atoms with E-state index in [0.717, 1.165) is 36.3 Å². The van der Waals surface area contributed by atoms with Crippen molar-refractivity contribution in [2.24, 2.45) is 5.73 Å². The summed E-state index contributed by atoms with van der Waals surface area (Å²) in [6.07, 6.45) is 2.85. The number of hydrogen-bond acceptors (Lipinski definition) is 2. The van der Waals surface area contributed by atoms with Gasteiger partial charge in [0.25, 0.3) is 0 Å². The van der Waals surface area contributed by atoms with E-state index in [1.165, 1.54) is 11.1 Å². The number of hydrogen-bond donors (Lipinski definition) is 1. The van der Waals surface area contributed by atoms with Crippen LogP contribution >= 0.6 is 0 Å². The third-order valence-electron chi connectivity index (χ3n) is 3.85. The van der Waals surface area contributed by atoms with Crippen LogP contribution in [-0.4, -0.2) is 6.04 Å². The first-order chi connectivity index (χ1) is 10.1. The molecule has 0 saturated carbocycles. The molecular formula is C19H25NO. The molecule has 0 amide bonds. The van der Waals surface area contributed by atoms with Gasteiger partial charge in [0, 0.05) is 6.04 Å². The molecule has 2 rings (SSSR count). The maximum Gasteiger partial charge on any atom is 0.130 e. The molecule has 0 heterocycles. The Kier molecular flexibility index (Phi) is 5.40. The molecule has 2 nitrogen and oxygen atoms in total. The Bertz CT molecular complexity index is 592. The molecule has 0 aliphatic rings. The number of aryl methyl sites for hydroxylation is 2. The average Bonchev–Trinajstić information content (AvgIpc) is 2.51. The molecule has 0 bridgehead atoms. The Morgan fingerprint density at radius 3 is 2.52 bits per heavy atom. The van der Waals surface area contributed by atoms with Gasteiger partial charge >= 0.3 is 0 Å². The number of ether oxygens (including phenoxy) is 1. The predicted molar refractivity (Wildman–Crippen MR) is 89.0 cm³/mol. The smallest absolute Gasteiger partial charge is 0.130 e. The van der Waals surface area contributed by atoms with Crippen molar-refractivity contribution in [1.82, 2.24) is 0 Å². The van der Waals surface area contributed by atoms with Gasteiger partial charge in [0.15, 0.2) is 0 Å². The van der Waals surface area contributed by atoms with Gasteiger partial charge in [-0.2, -0.15) is 0 Å². The molecule has 0 saturated heterocycles. The van der Waals surface area contributed by atoms with E-state index in [0.29, 0.717) is 0 Å². The largest absolute Gasteiger partial charge is 0.457 e. The molecule has 1 unspecified atom stereocenters. The van der Waals surface area contributed by atoms with Gasteiger partial charge in [-0.25, -0.2) is 0 Å². The van der Waals surface area contributed by atoms with Gasteiger partial charge in [-0.3, -0.25) is 0 Å². The first-order valence-electron chi connectivity index (χ1n) is 7.74. The SMILES string of the molecule is CCc1ccccc1Oc1cc(CC(N)CC)ccc1C. The van der Waals surface area contributed by atoms with E-state index in [4.69, 9.17) is 10.5 Å². The van der Waals surface area contributed by atoms with Gasteiger partial charge in [-0.1, -0.05) is 44.2 Å². The Balaban J connectivity index is 2.24. The minimum absolute atomic E-state index is 0.212. The molecule has 0 aliphatic carbocycles. The summed E-state index contributed by atoms with van der Waals surface area (Å²) in [7, 11) is 0. The number of rotatable bonds is 6. The van der Waals surface area contributed by atoms with Crippen molar-refractivity contribution in [3.05, 3.63) is 59.2 Å². The summed E-state index contributed by atoms with van der Waals surface area (Å²) >= 11 is 0. The fourth-order valence-corrected chi connectivity index (χ4v) is 2.34. The molecule has 2 N–H and O–H groups in total. The zero-order valence-electron chi connectivity index (χ0n) is 13.2. The maximum absolute atomic E-state index is 6.15. The molecule has 2 aromatic rings. The van der Waals surface area contributed by atoms with Gasteiger partial charge < -0.3 is 10.5 Å². The van der Waals surface area contributed by atoms with Crippen LogP contribution in [0, 0.1) is 6.92 Å². The van der Waals surface area contributed by atoms with Gasteiger partial charge in [-0.15, -0.1) is 0 Å². The van der Waals surface area contributed by atoms with E-state index >= 15 is 0 Å². The Morgan fingerprint density at radius 1 is 1.05 bits per heavy atom. The monoisotopic (exact) mass is 283 g/mol.